The maximum atomic E-state index is 13.9. The van der Waals surface area contributed by atoms with Crippen LogP contribution in [0.3, 0.4) is 0 Å². The largest absolute Gasteiger partial charge is 0.340 e. The van der Waals surface area contributed by atoms with Gasteiger partial charge < -0.3 is 10.6 Å². The van der Waals surface area contributed by atoms with E-state index in [1.165, 1.54) is 9.21 Å². The van der Waals surface area contributed by atoms with E-state index in [1.807, 2.05) is 30.3 Å². The van der Waals surface area contributed by atoms with Gasteiger partial charge in [0.1, 0.15) is 5.82 Å². The summed E-state index contributed by atoms with van der Waals surface area (Å²) in [6.07, 6.45) is -0.270. The highest BCUT2D eigenvalue weighted by Crippen LogP contribution is 2.24. The smallest absolute Gasteiger partial charge is 0.243 e. The first kappa shape index (κ1) is 25.9. The Bertz CT molecular complexity index is 1330. The summed E-state index contributed by atoms with van der Waals surface area (Å²) in [5.74, 6) is -3.71. The molecule has 3 aromatic carbocycles. The monoisotopic (exact) mass is 517 g/mol. The van der Waals surface area contributed by atoms with Crippen LogP contribution in [0.4, 0.5) is 13.2 Å². The average molecular weight is 518 g/mol. The quantitative estimate of drug-likeness (QED) is 0.486. The number of halogens is 3. The van der Waals surface area contributed by atoms with Crippen molar-refractivity contribution in [3.05, 3.63) is 89.7 Å². The van der Waals surface area contributed by atoms with Crippen molar-refractivity contribution >= 4 is 15.9 Å². The lowest BCUT2D eigenvalue weighted by molar-refractivity contribution is -0.132. The van der Waals surface area contributed by atoms with Crippen LogP contribution in [0.1, 0.15) is 12.0 Å². The van der Waals surface area contributed by atoms with E-state index in [2.05, 4.69) is 0 Å². The van der Waals surface area contributed by atoms with Gasteiger partial charge in [0.05, 0.1) is 4.90 Å². The molecular weight excluding hydrogens is 491 g/mol. The van der Waals surface area contributed by atoms with Gasteiger partial charge in [-0.15, -0.1) is 0 Å². The number of nitrogens with zero attached hydrogens (tertiary/aromatic N) is 2. The first-order valence-electron chi connectivity index (χ1n) is 11.5. The Morgan fingerprint density at radius 1 is 0.833 bits per heavy atom. The minimum Gasteiger partial charge on any atom is -0.340 e. The molecule has 4 rings (SSSR count). The highest BCUT2D eigenvalue weighted by Gasteiger charge is 2.30. The van der Waals surface area contributed by atoms with Crippen molar-refractivity contribution in [1.29, 1.82) is 0 Å². The van der Waals surface area contributed by atoms with Gasteiger partial charge in [-0.25, -0.2) is 21.6 Å². The third-order valence-electron chi connectivity index (χ3n) is 6.20. The average Bonchev–Trinajstić information content (AvgIpc) is 2.88. The van der Waals surface area contributed by atoms with Gasteiger partial charge in [-0.05, 0) is 41.3 Å². The molecule has 1 amide bonds. The van der Waals surface area contributed by atoms with E-state index < -0.39 is 33.5 Å². The van der Waals surface area contributed by atoms with Crippen LogP contribution in [0.5, 0.6) is 0 Å². The van der Waals surface area contributed by atoms with Crippen molar-refractivity contribution in [1.82, 2.24) is 9.21 Å². The van der Waals surface area contributed by atoms with Crippen LogP contribution in [-0.2, 0) is 21.2 Å². The Balaban J connectivity index is 1.32. The number of piperazine rings is 1. The summed E-state index contributed by atoms with van der Waals surface area (Å²) in [6, 6.07) is 16.7. The fourth-order valence-electron chi connectivity index (χ4n) is 4.21. The Morgan fingerprint density at radius 2 is 1.42 bits per heavy atom. The van der Waals surface area contributed by atoms with Gasteiger partial charge in [0, 0.05) is 44.7 Å². The minimum absolute atomic E-state index is 0.108. The zero-order valence-corrected chi connectivity index (χ0v) is 20.2. The van der Waals surface area contributed by atoms with E-state index in [0.717, 1.165) is 17.2 Å². The highest BCUT2D eigenvalue weighted by atomic mass is 32.2. The number of benzene rings is 3. The summed E-state index contributed by atoms with van der Waals surface area (Å²) in [7, 11) is -3.72. The minimum atomic E-state index is -3.72. The Morgan fingerprint density at radius 3 is 2.06 bits per heavy atom. The lowest BCUT2D eigenvalue weighted by Crippen LogP contribution is -2.51. The van der Waals surface area contributed by atoms with E-state index in [0.29, 0.717) is 6.07 Å². The number of rotatable bonds is 7. The predicted molar refractivity (Wildman–Crippen MR) is 130 cm³/mol. The zero-order chi connectivity index (χ0) is 25.9. The molecule has 1 aliphatic heterocycles. The molecule has 0 radical (unpaired) electrons. The summed E-state index contributed by atoms with van der Waals surface area (Å²) >= 11 is 0. The third kappa shape index (κ3) is 5.77. The maximum Gasteiger partial charge on any atom is 0.243 e. The SMILES string of the molecule is N[C@@H](CC(=O)N1CCN(S(=O)(=O)c2ccc(-c3ccccc3)cc2)CC1)Cc1cc(F)c(F)cc1F. The highest BCUT2D eigenvalue weighted by molar-refractivity contribution is 7.89. The number of amides is 1. The third-order valence-corrected chi connectivity index (χ3v) is 8.11. The number of hydrogen-bond acceptors (Lipinski definition) is 4. The molecule has 0 saturated carbocycles. The van der Waals surface area contributed by atoms with Crippen LogP contribution in [0.2, 0.25) is 0 Å². The Hall–Kier alpha value is -3.21. The molecule has 3 aromatic rings. The summed E-state index contributed by atoms with van der Waals surface area (Å²) in [4.78, 5) is 14.3. The molecular formula is C26H26F3N3O3S. The number of nitrogens with two attached hydrogens (primary N) is 1. The van der Waals surface area contributed by atoms with Gasteiger partial charge in [-0.1, -0.05) is 42.5 Å². The van der Waals surface area contributed by atoms with Crippen LogP contribution in [0, 0.1) is 17.5 Å². The van der Waals surface area contributed by atoms with Gasteiger partial charge in [0.2, 0.25) is 15.9 Å². The molecule has 190 valence electrons. The summed E-state index contributed by atoms with van der Waals surface area (Å²) in [5, 5.41) is 0. The second-order valence-corrected chi connectivity index (χ2v) is 10.6. The molecule has 0 spiro atoms. The molecule has 10 heteroatoms. The molecule has 0 aliphatic carbocycles. The standard InChI is InChI=1S/C26H26F3N3O3S/c27-23-17-25(29)24(28)15-20(23)14-21(30)16-26(33)31-10-12-32(13-11-31)36(34,35)22-8-6-19(7-9-22)18-4-2-1-3-5-18/h1-9,15,17,21H,10-14,16,30H2/t21-/m1/s1. The van der Waals surface area contributed by atoms with Gasteiger partial charge in [0.25, 0.3) is 0 Å². The van der Waals surface area contributed by atoms with E-state index in [-0.39, 0.29) is 55.4 Å². The van der Waals surface area contributed by atoms with E-state index in [4.69, 9.17) is 5.73 Å². The van der Waals surface area contributed by atoms with Crippen LogP contribution in [0.25, 0.3) is 11.1 Å². The lowest BCUT2D eigenvalue weighted by atomic mass is 10.0. The van der Waals surface area contributed by atoms with Crippen LogP contribution in [0.15, 0.2) is 71.6 Å². The van der Waals surface area contributed by atoms with E-state index >= 15 is 0 Å². The van der Waals surface area contributed by atoms with Crippen molar-refractivity contribution in [3.63, 3.8) is 0 Å². The zero-order valence-electron chi connectivity index (χ0n) is 19.4. The summed E-state index contributed by atoms with van der Waals surface area (Å²) < 4.78 is 67.9. The lowest BCUT2D eigenvalue weighted by Gasteiger charge is -2.34. The number of hydrogen-bond donors (Lipinski definition) is 1. The predicted octanol–water partition coefficient (Wildman–Crippen LogP) is 3.56. The summed E-state index contributed by atoms with van der Waals surface area (Å²) in [5.41, 5.74) is 7.74. The second kappa shape index (κ2) is 10.8. The van der Waals surface area contributed by atoms with Gasteiger partial charge in [-0.2, -0.15) is 4.31 Å². The molecule has 0 aromatic heterocycles. The van der Waals surface area contributed by atoms with Gasteiger partial charge >= 0.3 is 0 Å². The molecule has 0 bridgehead atoms. The maximum absolute atomic E-state index is 13.9. The number of carbonyl (C=O) groups is 1. The van der Waals surface area contributed by atoms with Gasteiger partial charge in [0.15, 0.2) is 11.6 Å². The Labute approximate surface area is 208 Å². The normalized spacial score (nSPS) is 15.6. The van der Waals surface area contributed by atoms with E-state index in [1.54, 1.807) is 24.3 Å². The van der Waals surface area contributed by atoms with Crippen molar-refractivity contribution < 1.29 is 26.4 Å². The molecule has 6 nitrogen and oxygen atoms in total. The number of sulfonamides is 1. The van der Waals surface area contributed by atoms with Crippen LogP contribution >= 0.6 is 0 Å². The molecule has 1 atom stereocenters. The van der Waals surface area contributed by atoms with Crippen molar-refractivity contribution in [2.75, 3.05) is 26.2 Å². The van der Waals surface area contributed by atoms with Crippen LogP contribution < -0.4 is 5.73 Å². The number of carbonyl (C=O) groups excluding carboxylic acids is 1. The molecule has 2 N–H and O–H groups in total. The molecule has 36 heavy (non-hydrogen) atoms. The molecule has 1 heterocycles. The van der Waals surface area contributed by atoms with Gasteiger partial charge in [-0.3, -0.25) is 4.79 Å². The topological polar surface area (TPSA) is 83.7 Å². The molecule has 1 aliphatic rings. The second-order valence-electron chi connectivity index (χ2n) is 8.70. The summed E-state index contributed by atoms with van der Waals surface area (Å²) in [6.45, 7) is 0.627. The first-order chi connectivity index (χ1) is 17.1. The fourth-order valence-corrected chi connectivity index (χ4v) is 5.63. The molecule has 1 fully saturated rings. The molecule has 0 unspecified atom stereocenters. The molecule has 1 saturated heterocycles. The van der Waals surface area contributed by atoms with Crippen molar-refractivity contribution in [3.8, 4) is 11.1 Å². The Kier molecular flexibility index (Phi) is 7.77. The fraction of sp³-hybridized carbons (Fsp3) is 0.269. The van der Waals surface area contributed by atoms with Crippen LogP contribution in [-0.4, -0.2) is 55.8 Å². The van der Waals surface area contributed by atoms with Crippen molar-refractivity contribution in [2.24, 2.45) is 5.73 Å². The first-order valence-corrected chi connectivity index (χ1v) is 12.9. The van der Waals surface area contributed by atoms with E-state index in [9.17, 15) is 26.4 Å². The van der Waals surface area contributed by atoms with Crippen molar-refractivity contribution in [2.45, 2.75) is 23.8 Å².